The summed E-state index contributed by atoms with van der Waals surface area (Å²) in [4.78, 5) is 17.4. The Bertz CT molecular complexity index is 1630. The number of carbonyl (C=O) groups excluding carboxylic acids is 1. The smallest absolute Gasteiger partial charge is 0.324 e. The molecule has 9 heteroatoms. The molecule has 2 N–H and O–H groups in total. The maximum atomic E-state index is 13.5. The van der Waals surface area contributed by atoms with E-state index in [-0.39, 0.29) is 11.2 Å². The average molecular weight is 539 g/mol. The van der Waals surface area contributed by atoms with Crippen molar-refractivity contribution in [2.45, 2.75) is 40.0 Å². The number of aryl methyl sites for hydroxylation is 2. The zero-order valence-electron chi connectivity index (χ0n) is 23.1. The maximum absolute atomic E-state index is 13.5. The molecule has 5 aromatic rings. The summed E-state index contributed by atoms with van der Waals surface area (Å²) in [7, 11) is 0. The highest BCUT2D eigenvalue weighted by molar-refractivity contribution is 5.99. The highest BCUT2D eigenvalue weighted by Crippen LogP contribution is 2.28. The number of pyridine rings is 1. The molecule has 2 amide bonds. The lowest BCUT2D eigenvalue weighted by Crippen LogP contribution is -2.21. The van der Waals surface area contributed by atoms with Gasteiger partial charge in [-0.2, -0.15) is 5.10 Å². The first-order chi connectivity index (χ1) is 19.1. The van der Waals surface area contributed by atoms with Crippen molar-refractivity contribution >= 4 is 17.5 Å². The number of nitrogens with one attached hydrogen (secondary N) is 2. The van der Waals surface area contributed by atoms with Crippen LogP contribution in [-0.2, 0) is 5.41 Å². The highest BCUT2D eigenvalue weighted by atomic mass is 19.1. The summed E-state index contributed by atoms with van der Waals surface area (Å²) < 4.78 is 23.2. The number of hydrogen-bond acceptors (Lipinski definition) is 4. The van der Waals surface area contributed by atoms with Crippen molar-refractivity contribution in [1.82, 2.24) is 19.3 Å². The molecule has 0 spiro atoms. The molecule has 0 bridgehead atoms. The van der Waals surface area contributed by atoms with Crippen molar-refractivity contribution in [2.24, 2.45) is 0 Å². The van der Waals surface area contributed by atoms with Crippen molar-refractivity contribution in [3.05, 3.63) is 108 Å². The van der Waals surface area contributed by atoms with Crippen LogP contribution in [0.15, 0.2) is 85.1 Å². The summed E-state index contributed by atoms with van der Waals surface area (Å²) in [6.07, 6.45) is 1.71. The Morgan fingerprint density at radius 3 is 2.17 bits per heavy atom. The van der Waals surface area contributed by atoms with Crippen LogP contribution in [0.5, 0.6) is 11.5 Å². The van der Waals surface area contributed by atoms with Crippen molar-refractivity contribution < 1.29 is 13.9 Å². The molecular formula is C31H31FN6O2. The van der Waals surface area contributed by atoms with E-state index in [0.29, 0.717) is 28.7 Å². The number of urea groups is 1. The summed E-state index contributed by atoms with van der Waals surface area (Å²) in [5.74, 6) is 2.17. The normalized spacial score (nSPS) is 11.3. The van der Waals surface area contributed by atoms with Crippen molar-refractivity contribution in [3.8, 4) is 23.0 Å². The summed E-state index contributed by atoms with van der Waals surface area (Å²) in [6.45, 7) is 10.2. The van der Waals surface area contributed by atoms with Gasteiger partial charge in [-0.25, -0.2) is 18.9 Å². The molecule has 204 valence electrons. The molecule has 0 saturated carbocycles. The fourth-order valence-electron chi connectivity index (χ4n) is 4.25. The predicted molar refractivity (Wildman–Crippen MR) is 154 cm³/mol. The van der Waals surface area contributed by atoms with E-state index < -0.39 is 6.03 Å². The number of benzene rings is 2. The minimum absolute atomic E-state index is 0.247. The zero-order chi connectivity index (χ0) is 28.4. The Morgan fingerprint density at radius 2 is 1.52 bits per heavy atom. The molecular weight excluding hydrogens is 507 g/mol. The van der Waals surface area contributed by atoms with Crippen LogP contribution in [0, 0.1) is 19.7 Å². The first-order valence-electron chi connectivity index (χ1n) is 12.9. The second-order valence-corrected chi connectivity index (χ2v) is 10.6. The average Bonchev–Trinajstić information content (AvgIpc) is 3.48. The van der Waals surface area contributed by atoms with Gasteiger partial charge in [0.15, 0.2) is 0 Å². The van der Waals surface area contributed by atoms with Crippen molar-refractivity contribution in [1.29, 1.82) is 0 Å². The largest absolute Gasteiger partial charge is 0.457 e. The second kappa shape index (κ2) is 10.7. The third-order valence-corrected chi connectivity index (χ3v) is 6.36. The van der Waals surface area contributed by atoms with Gasteiger partial charge in [-0.05, 0) is 80.6 Å². The fraction of sp³-hybridized carbons (Fsp3) is 0.194. The molecule has 3 aromatic heterocycles. The van der Waals surface area contributed by atoms with Crippen molar-refractivity contribution in [2.75, 3.05) is 10.6 Å². The number of halogens is 1. The van der Waals surface area contributed by atoms with E-state index in [0.717, 1.165) is 22.9 Å². The molecule has 0 unspecified atom stereocenters. The molecule has 0 aliphatic rings. The van der Waals surface area contributed by atoms with Crippen LogP contribution in [0.3, 0.4) is 0 Å². The minimum atomic E-state index is -0.436. The van der Waals surface area contributed by atoms with Crippen LogP contribution in [0.25, 0.3) is 11.5 Å². The van der Waals surface area contributed by atoms with Gasteiger partial charge < -0.3 is 14.6 Å². The fourth-order valence-corrected chi connectivity index (χ4v) is 4.25. The third-order valence-electron chi connectivity index (χ3n) is 6.36. The van der Waals surface area contributed by atoms with Gasteiger partial charge >= 0.3 is 6.03 Å². The van der Waals surface area contributed by atoms with Crippen LogP contribution in [0.1, 0.15) is 37.9 Å². The molecule has 0 aliphatic carbocycles. The standard InChI is InChI=1S/C31H31FN6O2/c1-20-6-7-21(2)37(20)28-18-26(16-17-33-28)40-25-14-10-23(11-15-25)34-30(39)35-29-19-27(31(3,4)5)36-38(29)24-12-8-22(32)9-13-24/h6-19H,1-5H3,(H2,34,35,39). The number of aromatic nitrogens is 4. The molecule has 0 atom stereocenters. The molecule has 3 heterocycles. The lowest BCUT2D eigenvalue weighted by atomic mass is 9.92. The lowest BCUT2D eigenvalue weighted by molar-refractivity contribution is 0.262. The number of amides is 2. The van der Waals surface area contributed by atoms with E-state index >= 15 is 0 Å². The molecule has 0 radical (unpaired) electrons. The van der Waals surface area contributed by atoms with Gasteiger partial charge in [0.1, 0.15) is 29.0 Å². The number of nitrogens with zero attached hydrogens (tertiary/aromatic N) is 4. The van der Waals surface area contributed by atoms with Crippen molar-refractivity contribution in [3.63, 3.8) is 0 Å². The van der Waals surface area contributed by atoms with Crippen LogP contribution in [-0.4, -0.2) is 25.4 Å². The van der Waals surface area contributed by atoms with Gasteiger partial charge in [0.2, 0.25) is 0 Å². The van der Waals surface area contributed by atoms with Gasteiger partial charge in [0, 0.05) is 40.8 Å². The molecule has 8 nitrogen and oxygen atoms in total. The minimum Gasteiger partial charge on any atom is -0.457 e. The van der Waals surface area contributed by atoms with Crippen LogP contribution < -0.4 is 15.4 Å². The Labute approximate surface area is 232 Å². The maximum Gasteiger partial charge on any atom is 0.324 e. The Morgan fingerprint density at radius 1 is 0.850 bits per heavy atom. The summed E-state index contributed by atoms with van der Waals surface area (Å²) >= 11 is 0. The molecule has 5 rings (SSSR count). The Hall–Kier alpha value is -4.92. The molecule has 0 aliphatic heterocycles. The van der Waals surface area contributed by atoms with Crippen LogP contribution in [0.2, 0.25) is 0 Å². The highest BCUT2D eigenvalue weighted by Gasteiger charge is 2.21. The lowest BCUT2D eigenvalue weighted by Gasteiger charge is -2.14. The second-order valence-electron chi connectivity index (χ2n) is 10.6. The summed E-state index contributed by atoms with van der Waals surface area (Å²) in [5.41, 5.74) is 3.94. The monoisotopic (exact) mass is 538 g/mol. The first kappa shape index (κ1) is 26.7. The van der Waals surface area contributed by atoms with Gasteiger partial charge in [-0.1, -0.05) is 20.8 Å². The number of rotatable bonds is 6. The first-order valence-corrected chi connectivity index (χ1v) is 12.9. The number of anilines is 2. The summed E-state index contributed by atoms with van der Waals surface area (Å²) in [6, 6.07) is 22.2. The van der Waals surface area contributed by atoms with Crippen LogP contribution in [0.4, 0.5) is 20.7 Å². The number of hydrogen-bond donors (Lipinski definition) is 2. The third kappa shape index (κ3) is 5.88. The van der Waals surface area contributed by atoms with E-state index in [1.807, 2.05) is 58.9 Å². The van der Waals surface area contributed by atoms with E-state index in [4.69, 9.17) is 4.74 Å². The van der Waals surface area contributed by atoms with E-state index in [9.17, 15) is 9.18 Å². The van der Waals surface area contributed by atoms with Gasteiger partial charge in [-0.15, -0.1) is 0 Å². The van der Waals surface area contributed by atoms with Gasteiger partial charge in [-0.3, -0.25) is 5.32 Å². The van der Waals surface area contributed by atoms with E-state index in [1.54, 1.807) is 53.3 Å². The molecule has 0 fully saturated rings. The summed E-state index contributed by atoms with van der Waals surface area (Å²) in [5, 5.41) is 10.4. The molecule has 0 saturated heterocycles. The number of ether oxygens (including phenoxy) is 1. The molecule has 2 aromatic carbocycles. The van der Waals surface area contributed by atoms with Gasteiger partial charge in [0.05, 0.1) is 11.4 Å². The van der Waals surface area contributed by atoms with E-state index in [1.165, 1.54) is 12.1 Å². The SMILES string of the molecule is Cc1ccc(C)n1-c1cc(Oc2ccc(NC(=O)Nc3cc(C(C)(C)C)nn3-c3ccc(F)cc3)cc2)ccn1. The van der Waals surface area contributed by atoms with Gasteiger partial charge in [0.25, 0.3) is 0 Å². The number of carbonyl (C=O) groups is 1. The quantitative estimate of drug-likeness (QED) is 0.234. The van der Waals surface area contributed by atoms with Crippen LogP contribution >= 0.6 is 0 Å². The Balaban J connectivity index is 1.28. The predicted octanol–water partition coefficient (Wildman–Crippen LogP) is 7.55. The van der Waals surface area contributed by atoms with E-state index in [2.05, 4.69) is 25.3 Å². The topological polar surface area (TPSA) is 86.0 Å². The Kier molecular flexibility index (Phi) is 7.13. The zero-order valence-corrected chi connectivity index (χ0v) is 23.1. The molecule has 40 heavy (non-hydrogen) atoms.